The van der Waals surface area contributed by atoms with Crippen LogP contribution in [0.1, 0.15) is 22.3 Å². The van der Waals surface area contributed by atoms with Gasteiger partial charge >= 0.3 is 0 Å². The molecule has 1 aliphatic carbocycles. The molecule has 4 heteroatoms. The Kier molecular flexibility index (Phi) is 5.65. The molecule has 2 aliphatic rings. The van der Waals surface area contributed by atoms with Crippen molar-refractivity contribution in [1.29, 1.82) is 0 Å². The van der Waals surface area contributed by atoms with E-state index in [9.17, 15) is 0 Å². The summed E-state index contributed by atoms with van der Waals surface area (Å²) in [7, 11) is 0. The minimum absolute atomic E-state index is 0.431. The predicted molar refractivity (Wildman–Crippen MR) is 178 cm³/mol. The van der Waals surface area contributed by atoms with Crippen LogP contribution in [0.5, 0.6) is 0 Å². The number of hydrogen-bond donors (Lipinski definition) is 0. The summed E-state index contributed by atoms with van der Waals surface area (Å²) >= 11 is 1.85. The standard InChI is InChI=1S/C40H25N3S/c1-2-12-26(13-3-1)39-42-35(25-36(43-39)34-19-10-11-23-41-34)27-21-22-38-33(24-27)40(32-18-8-9-20-37(32)44-38)30-16-6-4-14-28(30)29-15-5-7-17-31(29)40/h1-25H. The zero-order valence-electron chi connectivity index (χ0n) is 23.7. The van der Waals surface area contributed by atoms with E-state index in [1.807, 2.05) is 54.4 Å². The first-order valence-corrected chi connectivity index (χ1v) is 15.6. The zero-order valence-corrected chi connectivity index (χ0v) is 24.5. The average Bonchev–Trinajstić information content (AvgIpc) is 3.40. The van der Waals surface area contributed by atoms with E-state index in [1.54, 1.807) is 0 Å². The van der Waals surface area contributed by atoms with Crippen LogP contribution in [0.3, 0.4) is 0 Å². The van der Waals surface area contributed by atoms with Gasteiger partial charge in [0.2, 0.25) is 0 Å². The fraction of sp³-hybridized carbons (Fsp3) is 0.0250. The Bertz CT molecular complexity index is 2110. The molecule has 0 radical (unpaired) electrons. The number of rotatable bonds is 3. The molecule has 0 unspecified atom stereocenters. The van der Waals surface area contributed by atoms with Gasteiger partial charge in [-0.2, -0.15) is 0 Å². The molecule has 9 rings (SSSR count). The van der Waals surface area contributed by atoms with Crippen molar-refractivity contribution in [3.63, 3.8) is 0 Å². The maximum atomic E-state index is 5.15. The summed E-state index contributed by atoms with van der Waals surface area (Å²) in [5, 5.41) is 0. The third kappa shape index (κ3) is 3.68. The smallest absolute Gasteiger partial charge is 0.160 e. The second-order valence-electron chi connectivity index (χ2n) is 11.2. The molecule has 0 fully saturated rings. The van der Waals surface area contributed by atoms with Crippen LogP contribution in [0.4, 0.5) is 0 Å². The minimum Gasteiger partial charge on any atom is -0.255 e. The van der Waals surface area contributed by atoms with Gasteiger partial charge in [-0.15, -0.1) is 0 Å². The molecule has 2 aromatic heterocycles. The van der Waals surface area contributed by atoms with Crippen LogP contribution >= 0.6 is 11.8 Å². The van der Waals surface area contributed by atoms with Crippen LogP contribution in [0.15, 0.2) is 162 Å². The van der Waals surface area contributed by atoms with Crippen molar-refractivity contribution in [2.75, 3.05) is 0 Å². The molecule has 1 spiro atoms. The van der Waals surface area contributed by atoms with Gasteiger partial charge < -0.3 is 0 Å². The van der Waals surface area contributed by atoms with E-state index in [0.717, 1.165) is 28.2 Å². The van der Waals surface area contributed by atoms with Gasteiger partial charge in [0.1, 0.15) is 0 Å². The highest BCUT2D eigenvalue weighted by atomic mass is 32.2. The molecule has 3 heterocycles. The monoisotopic (exact) mass is 579 g/mol. The van der Waals surface area contributed by atoms with Gasteiger partial charge in [-0.3, -0.25) is 4.98 Å². The molecule has 3 nitrogen and oxygen atoms in total. The van der Waals surface area contributed by atoms with Crippen molar-refractivity contribution in [2.45, 2.75) is 15.2 Å². The van der Waals surface area contributed by atoms with Crippen molar-refractivity contribution in [3.8, 4) is 45.2 Å². The molecule has 206 valence electrons. The molecule has 0 atom stereocenters. The van der Waals surface area contributed by atoms with Crippen LogP contribution in [0.25, 0.3) is 45.2 Å². The first-order valence-electron chi connectivity index (χ1n) is 14.8. The molecular weight excluding hydrogens is 555 g/mol. The second kappa shape index (κ2) is 9.87. The van der Waals surface area contributed by atoms with Gasteiger partial charge in [-0.1, -0.05) is 121 Å². The van der Waals surface area contributed by atoms with E-state index in [0.29, 0.717) is 5.82 Å². The molecule has 0 saturated carbocycles. The topological polar surface area (TPSA) is 38.7 Å². The van der Waals surface area contributed by atoms with Crippen molar-refractivity contribution in [1.82, 2.24) is 15.0 Å². The van der Waals surface area contributed by atoms with Crippen LogP contribution in [-0.4, -0.2) is 15.0 Å². The summed E-state index contributed by atoms with van der Waals surface area (Å²) in [6.07, 6.45) is 1.81. The Morgan fingerprint density at radius 1 is 0.432 bits per heavy atom. The van der Waals surface area contributed by atoms with Gasteiger partial charge in [0, 0.05) is 27.1 Å². The summed E-state index contributed by atoms with van der Waals surface area (Å²) in [5.41, 5.74) is 12.0. The second-order valence-corrected chi connectivity index (χ2v) is 12.3. The molecule has 1 aliphatic heterocycles. The van der Waals surface area contributed by atoms with Crippen LogP contribution < -0.4 is 0 Å². The van der Waals surface area contributed by atoms with Crippen molar-refractivity contribution in [3.05, 3.63) is 174 Å². The van der Waals surface area contributed by atoms with Gasteiger partial charge in [-0.05, 0) is 69.8 Å². The lowest BCUT2D eigenvalue weighted by molar-refractivity contribution is 0.722. The Morgan fingerprint density at radius 3 is 1.82 bits per heavy atom. The maximum absolute atomic E-state index is 5.15. The lowest BCUT2D eigenvalue weighted by Gasteiger charge is -2.39. The molecule has 44 heavy (non-hydrogen) atoms. The minimum atomic E-state index is -0.431. The van der Waals surface area contributed by atoms with E-state index in [4.69, 9.17) is 9.97 Å². The van der Waals surface area contributed by atoms with Crippen molar-refractivity contribution in [2.24, 2.45) is 0 Å². The zero-order chi connectivity index (χ0) is 29.1. The van der Waals surface area contributed by atoms with Gasteiger partial charge in [0.15, 0.2) is 5.82 Å². The Labute approximate surface area is 260 Å². The Morgan fingerprint density at radius 2 is 1.07 bits per heavy atom. The fourth-order valence-corrected chi connectivity index (χ4v) is 8.15. The number of aromatic nitrogens is 3. The number of benzene rings is 5. The Hall–Kier alpha value is -5.32. The third-order valence-electron chi connectivity index (χ3n) is 8.83. The summed E-state index contributed by atoms with van der Waals surface area (Å²) in [5.74, 6) is 0.687. The van der Waals surface area contributed by atoms with Gasteiger partial charge in [0.25, 0.3) is 0 Å². The third-order valence-corrected chi connectivity index (χ3v) is 9.98. The molecule has 0 saturated heterocycles. The quantitative estimate of drug-likeness (QED) is 0.209. The Balaban J connectivity index is 1.32. The largest absolute Gasteiger partial charge is 0.255 e. The lowest BCUT2D eigenvalue weighted by Crippen LogP contribution is -2.32. The molecule has 5 aromatic carbocycles. The molecule has 0 N–H and O–H groups in total. The highest BCUT2D eigenvalue weighted by molar-refractivity contribution is 7.99. The molecule has 7 aromatic rings. The number of pyridine rings is 1. The van der Waals surface area contributed by atoms with E-state index >= 15 is 0 Å². The first-order chi connectivity index (χ1) is 21.8. The van der Waals surface area contributed by atoms with Gasteiger partial charge in [-0.25, -0.2) is 9.97 Å². The summed E-state index contributed by atoms with van der Waals surface area (Å²) in [6, 6.07) is 51.8. The highest BCUT2D eigenvalue weighted by Gasteiger charge is 2.50. The maximum Gasteiger partial charge on any atom is 0.160 e. The summed E-state index contributed by atoms with van der Waals surface area (Å²) in [6.45, 7) is 0. The predicted octanol–water partition coefficient (Wildman–Crippen LogP) is 9.70. The van der Waals surface area contributed by atoms with E-state index in [-0.39, 0.29) is 0 Å². The molecular formula is C40H25N3S. The number of hydrogen-bond acceptors (Lipinski definition) is 4. The summed E-state index contributed by atoms with van der Waals surface area (Å²) in [4.78, 5) is 17.3. The number of nitrogens with zero attached hydrogens (tertiary/aromatic N) is 3. The van der Waals surface area contributed by atoms with E-state index in [2.05, 4.69) is 114 Å². The average molecular weight is 580 g/mol. The van der Waals surface area contributed by atoms with Gasteiger partial charge in [0.05, 0.1) is 22.5 Å². The fourth-order valence-electron chi connectivity index (χ4n) is 6.97. The molecule has 0 amide bonds. The van der Waals surface area contributed by atoms with Crippen molar-refractivity contribution < 1.29 is 0 Å². The van der Waals surface area contributed by atoms with Crippen LogP contribution in [0, 0.1) is 0 Å². The van der Waals surface area contributed by atoms with Crippen LogP contribution in [-0.2, 0) is 5.41 Å². The van der Waals surface area contributed by atoms with E-state index in [1.165, 1.54) is 43.2 Å². The number of fused-ring (bicyclic) bond motifs is 9. The van der Waals surface area contributed by atoms with E-state index < -0.39 is 5.41 Å². The normalized spacial score (nSPS) is 13.5. The highest BCUT2D eigenvalue weighted by Crippen LogP contribution is 2.62. The molecule has 0 bridgehead atoms. The first kappa shape index (κ1) is 25.2. The SMILES string of the molecule is c1ccc(-c2nc(-c3ccc4c(c3)C3(c5ccccc5S4)c4ccccc4-c4ccccc43)cc(-c3ccccn3)n2)cc1. The van der Waals surface area contributed by atoms with Crippen LogP contribution in [0.2, 0.25) is 0 Å². The lowest BCUT2D eigenvalue weighted by atomic mass is 9.67. The summed E-state index contributed by atoms with van der Waals surface area (Å²) < 4.78 is 0. The van der Waals surface area contributed by atoms with Crippen molar-refractivity contribution >= 4 is 11.8 Å².